The summed E-state index contributed by atoms with van der Waals surface area (Å²) in [5.74, 6) is 6.01. The molecule has 5 heteroatoms. The first kappa shape index (κ1) is 12.1. The van der Waals surface area contributed by atoms with Gasteiger partial charge in [-0.05, 0) is 38.9 Å². The maximum Gasteiger partial charge on any atom is 0.141 e. The summed E-state index contributed by atoms with van der Waals surface area (Å²) in [6.45, 7) is 5.68. The predicted octanol–water partition coefficient (Wildman–Crippen LogP) is 1.26. The minimum absolute atomic E-state index is 0.569. The molecule has 0 radical (unpaired) electrons. The van der Waals surface area contributed by atoms with Gasteiger partial charge in [0.05, 0.1) is 0 Å². The number of nitrogens with two attached hydrogens (primary N) is 1. The summed E-state index contributed by atoms with van der Waals surface area (Å²) in [6.07, 6.45) is 4.42. The highest BCUT2D eigenvalue weighted by Gasteiger charge is 2.17. The number of hydrazine groups is 1. The van der Waals surface area contributed by atoms with E-state index in [1.165, 1.54) is 25.9 Å². The molecule has 2 heterocycles. The lowest BCUT2D eigenvalue weighted by molar-refractivity contribution is 0.269. The van der Waals surface area contributed by atoms with Gasteiger partial charge in [-0.15, -0.1) is 0 Å². The molecular weight excluding hydrogens is 214 g/mol. The molecule has 1 fully saturated rings. The number of hydrogen-bond donors (Lipinski definition) is 3. The SMILES string of the molecule is CC(CNc1ccnc(NN)c1)N1CCCC1. The molecular formula is C12H21N5. The van der Waals surface area contributed by atoms with Gasteiger partial charge in [0.2, 0.25) is 0 Å². The molecule has 94 valence electrons. The quantitative estimate of drug-likeness (QED) is 0.530. The monoisotopic (exact) mass is 235 g/mol. The van der Waals surface area contributed by atoms with Gasteiger partial charge in [-0.1, -0.05) is 0 Å². The zero-order valence-corrected chi connectivity index (χ0v) is 10.3. The second-order valence-electron chi connectivity index (χ2n) is 4.55. The van der Waals surface area contributed by atoms with Gasteiger partial charge in [-0.25, -0.2) is 10.8 Å². The molecule has 1 saturated heterocycles. The van der Waals surface area contributed by atoms with E-state index in [0.29, 0.717) is 11.9 Å². The van der Waals surface area contributed by atoms with E-state index in [4.69, 9.17) is 5.84 Å². The minimum atomic E-state index is 0.569. The van der Waals surface area contributed by atoms with Crippen LogP contribution in [0.4, 0.5) is 11.5 Å². The second-order valence-corrected chi connectivity index (χ2v) is 4.55. The van der Waals surface area contributed by atoms with Crippen molar-refractivity contribution in [2.75, 3.05) is 30.4 Å². The van der Waals surface area contributed by atoms with E-state index < -0.39 is 0 Å². The molecule has 0 spiro atoms. The van der Waals surface area contributed by atoms with E-state index in [-0.39, 0.29) is 0 Å². The van der Waals surface area contributed by atoms with E-state index in [0.717, 1.165) is 12.2 Å². The molecule has 17 heavy (non-hydrogen) atoms. The largest absolute Gasteiger partial charge is 0.383 e. The van der Waals surface area contributed by atoms with Gasteiger partial charge in [0.15, 0.2) is 0 Å². The Labute approximate surface area is 102 Å². The summed E-state index contributed by atoms with van der Waals surface area (Å²) < 4.78 is 0. The highest BCUT2D eigenvalue weighted by Crippen LogP contribution is 2.14. The van der Waals surface area contributed by atoms with Crippen molar-refractivity contribution in [2.45, 2.75) is 25.8 Å². The third kappa shape index (κ3) is 3.31. The fourth-order valence-electron chi connectivity index (χ4n) is 2.20. The Kier molecular flexibility index (Phi) is 4.17. The first-order valence-corrected chi connectivity index (χ1v) is 6.20. The smallest absolute Gasteiger partial charge is 0.141 e. The number of nitrogens with zero attached hydrogens (tertiary/aromatic N) is 2. The number of anilines is 2. The Morgan fingerprint density at radius 2 is 2.24 bits per heavy atom. The van der Waals surface area contributed by atoms with Crippen LogP contribution < -0.4 is 16.6 Å². The zero-order valence-electron chi connectivity index (χ0n) is 10.3. The summed E-state index contributed by atoms with van der Waals surface area (Å²) in [7, 11) is 0. The molecule has 1 aromatic heterocycles. The Balaban J connectivity index is 1.83. The van der Waals surface area contributed by atoms with Crippen LogP contribution in [0.25, 0.3) is 0 Å². The summed E-state index contributed by atoms with van der Waals surface area (Å²) in [5.41, 5.74) is 3.60. The van der Waals surface area contributed by atoms with Crippen LogP contribution in [0, 0.1) is 0 Å². The molecule has 1 unspecified atom stereocenters. The van der Waals surface area contributed by atoms with Crippen LogP contribution >= 0.6 is 0 Å². The predicted molar refractivity (Wildman–Crippen MR) is 70.8 cm³/mol. The van der Waals surface area contributed by atoms with Crippen LogP contribution in [0.2, 0.25) is 0 Å². The number of hydrogen-bond acceptors (Lipinski definition) is 5. The highest BCUT2D eigenvalue weighted by molar-refractivity contribution is 5.51. The van der Waals surface area contributed by atoms with Crippen molar-refractivity contribution in [3.63, 3.8) is 0 Å². The lowest BCUT2D eigenvalue weighted by Gasteiger charge is -2.24. The van der Waals surface area contributed by atoms with E-state index in [9.17, 15) is 0 Å². The summed E-state index contributed by atoms with van der Waals surface area (Å²) in [6, 6.07) is 4.44. The molecule has 4 N–H and O–H groups in total. The van der Waals surface area contributed by atoms with Gasteiger partial charge < -0.3 is 10.7 Å². The Morgan fingerprint density at radius 3 is 2.94 bits per heavy atom. The average molecular weight is 235 g/mol. The number of nitrogen functional groups attached to an aromatic ring is 1. The van der Waals surface area contributed by atoms with Crippen LogP contribution in [0.15, 0.2) is 18.3 Å². The lowest BCUT2D eigenvalue weighted by atomic mass is 10.3. The van der Waals surface area contributed by atoms with Crippen LogP contribution in [0.1, 0.15) is 19.8 Å². The van der Waals surface area contributed by atoms with E-state index in [2.05, 4.69) is 27.6 Å². The zero-order chi connectivity index (χ0) is 12.1. The van der Waals surface area contributed by atoms with Crippen molar-refractivity contribution in [3.05, 3.63) is 18.3 Å². The molecule has 0 bridgehead atoms. The molecule has 1 aromatic rings. The summed E-state index contributed by atoms with van der Waals surface area (Å²) in [5, 5.41) is 3.42. The number of aromatic nitrogens is 1. The maximum atomic E-state index is 5.33. The van der Waals surface area contributed by atoms with Gasteiger partial charge in [-0.2, -0.15) is 0 Å². The van der Waals surface area contributed by atoms with Gasteiger partial charge in [0.25, 0.3) is 0 Å². The van der Waals surface area contributed by atoms with Crippen LogP contribution in [-0.2, 0) is 0 Å². The molecule has 0 amide bonds. The second kappa shape index (κ2) is 5.84. The van der Waals surface area contributed by atoms with Crippen LogP contribution in [0.5, 0.6) is 0 Å². The number of likely N-dealkylation sites (tertiary alicyclic amines) is 1. The normalized spacial score (nSPS) is 18.0. The van der Waals surface area contributed by atoms with Crippen molar-refractivity contribution < 1.29 is 0 Å². The minimum Gasteiger partial charge on any atom is -0.383 e. The first-order valence-electron chi connectivity index (χ1n) is 6.20. The fraction of sp³-hybridized carbons (Fsp3) is 0.583. The van der Waals surface area contributed by atoms with Crippen LogP contribution in [-0.4, -0.2) is 35.6 Å². The molecule has 0 aliphatic carbocycles. The highest BCUT2D eigenvalue weighted by atomic mass is 15.2. The Bertz CT molecular complexity index is 349. The molecule has 1 aliphatic rings. The molecule has 0 aromatic carbocycles. The molecule has 2 rings (SSSR count). The third-order valence-electron chi connectivity index (χ3n) is 3.27. The number of nitrogens with one attached hydrogen (secondary N) is 2. The average Bonchev–Trinajstić information content (AvgIpc) is 2.90. The molecule has 1 atom stereocenters. The van der Waals surface area contributed by atoms with E-state index in [1.54, 1.807) is 6.20 Å². The van der Waals surface area contributed by atoms with Crippen molar-refractivity contribution >= 4 is 11.5 Å². The standard InChI is InChI=1S/C12H21N5/c1-10(17-6-2-3-7-17)9-15-11-4-5-14-12(8-11)16-13/h4-5,8,10H,2-3,6-7,9,13H2,1H3,(H2,14,15,16). The van der Waals surface area contributed by atoms with Gasteiger partial charge in [0.1, 0.15) is 5.82 Å². The molecule has 1 aliphatic heterocycles. The van der Waals surface area contributed by atoms with Crippen molar-refractivity contribution in [1.82, 2.24) is 9.88 Å². The molecule has 0 saturated carbocycles. The van der Waals surface area contributed by atoms with Crippen LogP contribution in [0.3, 0.4) is 0 Å². The van der Waals surface area contributed by atoms with Crippen molar-refractivity contribution in [3.8, 4) is 0 Å². The summed E-state index contributed by atoms with van der Waals surface area (Å²) >= 11 is 0. The fourth-order valence-corrected chi connectivity index (χ4v) is 2.20. The van der Waals surface area contributed by atoms with E-state index in [1.807, 2.05) is 12.1 Å². The molecule has 5 nitrogen and oxygen atoms in total. The van der Waals surface area contributed by atoms with Crippen molar-refractivity contribution in [2.24, 2.45) is 5.84 Å². The first-order chi connectivity index (χ1) is 8.29. The number of rotatable bonds is 5. The van der Waals surface area contributed by atoms with Gasteiger partial charge in [-0.3, -0.25) is 4.90 Å². The third-order valence-corrected chi connectivity index (χ3v) is 3.27. The van der Waals surface area contributed by atoms with E-state index >= 15 is 0 Å². The lowest BCUT2D eigenvalue weighted by Crippen LogP contribution is -2.35. The van der Waals surface area contributed by atoms with Gasteiger partial charge >= 0.3 is 0 Å². The number of pyridine rings is 1. The maximum absolute atomic E-state index is 5.33. The Morgan fingerprint density at radius 1 is 1.47 bits per heavy atom. The van der Waals surface area contributed by atoms with Crippen molar-refractivity contribution in [1.29, 1.82) is 0 Å². The van der Waals surface area contributed by atoms with Gasteiger partial charge in [0, 0.05) is 30.5 Å². The topological polar surface area (TPSA) is 66.2 Å². The Hall–Kier alpha value is -1.33. The summed E-state index contributed by atoms with van der Waals surface area (Å²) in [4.78, 5) is 6.60.